The fourth-order valence-electron chi connectivity index (χ4n) is 4.10. The zero-order valence-electron chi connectivity index (χ0n) is 14.2. The number of ether oxygens (including phenoxy) is 2. The van der Waals surface area contributed by atoms with Crippen LogP contribution in [0, 0.1) is 5.92 Å². The Balaban J connectivity index is 1.82. The third kappa shape index (κ3) is 2.35. The highest BCUT2D eigenvalue weighted by Crippen LogP contribution is 2.53. The second-order valence-corrected chi connectivity index (χ2v) is 6.37. The van der Waals surface area contributed by atoms with Crippen LogP contribution in [-0.2, 0) is 0 Å². The smallest absolute Gasteiger partial charge is 0.142 e. The van der Waals surface area contributed by atoms with Gasteiger partial charge in [0.15, 0.2) is 0 Å². The average Bonchev–Trinajstić information content (AvgIpc) is 3.12. The summed E-state index contributed by atoms with van der Waals surface area (Å²) in [6.45, 7) is 2.69. The van der Waals surface area contributed by atoms with Crippen LogP contribution in [0.3, 0.4) is 0 Å². The van der Waals surface area contributed by atoms with Crippen LogP contribution in [-0.4, -0.2) is 13.7 Å². The summed E-state index contributed by atoms with van der Waals surface area (Å²) in [6, 6.07) is 14.9. The first-order valence-corrected chi connectivity index (χ1v) is 8.65. The van der Waals surface area contributed by atoms with E-state index in [1.54, 1.807) is 7.11 Å². The van der Waals surface area contributed by atoms with Crippen molar-refractivity contribution in [1.82, 2.24) is 0 Å². The zero-order valence-corrected chi connectivity index (χ0v) is 14.2. The summed E-state index contributed by atoms with van der Waals surface area (Å²) in [7, 11) is 1.74. The number of hydrogen-bond acceptors (Lipinski definition) is 3. The molecule has 3 nitrogen and oxygen atoms in total. The highest BCUT2D eigenvalue weighted by molar-refractivity contribution is 5.68. The quantitative estimate of drug-likeness (QED) is 0.811. The minimum Gasteiger partial charge on any atom is -0.496 e. The SMILES string of the molecule is CCOc1cccc2c1NC(c1ccccc1OC)C1CC=CC21. The maximum Gasteiger partial charge on any atom is 0.142 e. The van der Waals surface area contributed by atoms with Crippen molar-refractivity contribution in [3.05, 3.63) is 65.7 Å². The van der Waals surface area contributed by atoms with Gasteiger partial charge in [0.1, 0.15) is 11.5 Å². The average molecular weight is 321 g/mol. The van der Waals surface area contributed by atoms with Crippen molar-refractivity contribution in [3.8, 4) is 11.5 Å². The minimum atomic E-state index is 0.218. The van der Waals surface area contributed by atoms with Gasteiger partial charge in [-0.1, -0.05) is 42.5 Å². The van der Waals surface area contributed by atoms with Gasteiger partial charge in [0.2, 0.25) is 0 Å². The van der Waals surface area contributed by atoms with E-state index in [0.29, 0.717) is 18.4 Å². The first-order chi connectivity index (χ1) is 11.8. The van der Waals surface area contributed by atoms with Crippen LogP contribution in [0.25, 0.3) is 0 Å². The number of para-hydroxylation sites is 2. The number of fused-ring (bicyclic) bond motifs is 3. The summed E-state index contributed by atoms with van der Waals surface area (Å²) in [5.41, 5.74) is 3.68. The Kier molecular flexibility index (Phi) is 3.93. The number of rotatable bonds is 4. The lowest BCUT2D eigenvalue weighted by atomic mass is 9.76. The molecule has 3 atom stereocenters. The molecule has 1 aliphatic carbocycles. The highest BCUT2D eigenvalue weighted by atomic mass is 16.5. The van der Waals surface area contributed by atoms with E-state index < -0.39 is 0 Å². The predicted octanol–water partition coefficient (Wildman–Crippen LogP) is 4.92. The van der Waals surface area contributed by atoms with Crippen molar-refractivity contribution in [1.29, 1.82) is 0 Å². The molecule has 0 bridgehead atoms. The molecule has 3 unspecified atom stereocenters. The molecule has 0 fully saturated rings. The summed E-state index contributed by atoms with van der Waals surface area (Å²) < 4.78 is 11.5. The molecule has 1 aliphatic heterocycles. The van der Waals surface area contributed by atoms with Crippen molar-refractivity contribution >= 4 is 5.69 Å². The van der Waals surface area contributed by atoms with Crippen molar-refractivity contribution in [3.63, 3.8) is 0 Å². The van der Waals surface area contributed by atoms with Crippen molar-refractivity contribution in [2.24, 2.45) is 5.92 Å². The largest absolute Gasteiger partial charge is 0.496 e. The molecular weight excluding hydrogens is 298 g/mol. The van der Waals surface area contributed by atoms with Gasteiger partial charge < -0.3 is 14.8 Å². The first kappa shape index (κ1) is 15.1. The molecule has 2 aromatic rings. The van der Waals surface area contributed by atoms with Gasteiger partial charge in [-0.05, 0) is 37.0 Å². The molecule has 0 saturated carbocycles. The third-order valence-corrected chi connectivity index (χ3v) is 5.13. The molecule has 4 rings (SSSR count). The minimum absolute atomic E-state index is 0.218. The number of hydrogen-bond donors (Lipinski definition) is 1. The summed E-state index contributed by atoms with van der Waals surface area (Å²) in [6.07, 6.45) is 5.74. The number of anilines is 1. The Morgan fingerprint density at radius 1 is 1.04 bits per heavy atom. The summed E-state index contributed by atoms with van der Waals surface area (Å²) in [5.74, 6) is 2.81. The van der Waals surface area contributed by atoms with Crippen LogP contribution in [0.5, 0.6) is 11.5 Å². The van der Waals surface area contributed by atoms with E-state index in [1.807, 2.05) is 25.1 Å². The molecule has 0 saturated heterocycles. The Morgan fingerprint density at radius 3 is 2.67 bits per heavy atom. The Hall–Kier alpha value is -2.42. The lowest BCUT2D eigenvalue weighted by Gasteiger charge is -2.38. The molecule has 24 heavy (non-hydrogen) atoms. The number of methoxy groups -OCH3 is 1. The zero-order chi connectivity index (χ0) is 16.5. The van der Waals surface area contributed by atoms with Gasteiger partial charge in [-0.15, -0.1) is 0 Å². The topological polar surface area (TPSA) is 30.5 Å². The van der Waals surface area contributed by atoms with E-state index >= 15 is 0 Å². The molecule has 0 amide bonds. The van der Waals surface area contributed by atoms with Crippen LogP contribution in [0.1, 0.15) is 36.4 Å². The van der Waals surface area contributed by atoms with E-state index in [2.05, 4.69) is 41.7 Å². The van der Waals surface area contributed by atoms with Gasteiger partial charge in [-0.3, -0.25) is 0 Å². The predicted molar refractivity (Wildman–Crippen MR) is 97.0 cm³/mol. The molecule has 124 valence electrons. The van der Waals surface area contributed by atoms with Crippen LogP contribution < -0.4 is 14.8 Å². The highest BCUT2D eigenvalue weighted by Gasteiger charge is 2.39. The van der Waals surface area contributed by atoms with E-state index in [1.165, 1.54) is 11.1 Å². The molecular formula is C21H23NO2. The lowest BCUT2D eigenvalue weighted by Crippen LogP contribution is -2.29. The van der Waals surface area contributed by atoms with E-state index in [4.69, 9.17) is 9.47 Å². The van der Waals surface area contributed by atoms with Crippen LogP contribution in [0.15, 0.2) is 54.6 Å². The summed E-state index contributed by atoms with van der Waals surface area (Å²) in [5, 5.41) is 3.77. The number of nitrogens with one attached hydrogen (secondary N) is 1. The van der Waals surface area contributed by atoms with Crippen molar-refractivity contribution in [2.45, 2.75) is 25.3 Å². The number of allylic oxidation sites excluding steroid dienone is 2. The summed E-state index contributed by atoms with van der Waals surface area (Å²) in [4.78, 5) is 0. The lowest BCUT2D eigenvalue weighted by molar-refractivity contribution is 0.336. The van der Waals surface area contributed by atoms with Gasteiger partial charge in [-0.25, -0.2) is 0 Å². The van der Waals surface area contributed by atoms with E-state index in [-0.39, 0.29) is 6.04 Å². The van der Waals surface area contributed by atoms with Gasteiger partial charge in [-0.2, -0.15) is 0 Å². The summed E-state index contributed by atoms with van der Waals surface area (Å²) >= 11 is 0. The normalized spacial score (nSPS) is 24.0. The fraction of sp³-hybridized carbons (Fsp3) is 0.333. The second-order valence-electron chi connectivity index (χ2n) is 6.37. The van der Waals surface area contributed by atoms with Gasteiger partial charge in [0.05, 0.1) is 25.4 Å². The molecule has 0 radical (unpaired) electrons. The van der Waals surface area contributed by atoms with Gasteiger partial charge in [0, 0.05) is 11.5 Å². The Morgan fingerprint density at radius 2 is 1.83 bits per heavy atom. The maximum atomic E-state index is 5.88. The third-order valence-electron chi connectivity index (χ3n) is 5.13. The van der Waals surface area contributed by atoms with Crippen molar-refractivity contribution < 1.29 is 9.47 Å². The van der Waals surface area contributed by atoms with Crippen LogP contribution in [0.4, 0.5) is 5.69 Å². The molecule has 0 spiro atoms. The van der Waals surface area contributed by atoms with Crippen molar-refractivity contribution in [2.75, 3.05) is 19.0 Å². The maximum absolute atomic E-state index is 5.88. The Labute approximate surface area is 143 Å². The Bertz CT molecular complexity index is 768. The van der Waals surface area contributed by atoms with Gasteiger partial charge in [0.25, 0.3) is 0 Å². The molecule has 2 aromatic carbocycles. The standard InChI is InChI=1S/C21H23NO2/c1-3-24-19-13-7-11-16-14-9-6-10-15(14)20(22-21(16)19)17-8-4-5-12-18(17)23-2/h4-9,11-15,20,22H,3,10H2,1-2H3. The van der Waals surface area contributed by atoms with E-state index in [9.17, 15) is 0 Å². The first-order valence-electron chi connectivity index (χ1n) is 8.65. The number of benzene rings is 2. The second kappa shape index (κ2) is 6.23. The molecule has 2 aliphatic rings. The molecule has 1 N–H and O–H groups in total. The molecule has 0 aromatic heterocycles. The van der Waals surface area contributed by atoms with Crippen LogP contribution in [0.2, 0.25) is 0 Å². The van der Waals surface area contributed by atoms with E-state index in [0.717, 1.165) is 23.6 Å². The molecule has 1 heterocycles. The van der Waals surface area contributed by atoms with Gasteiger partial charge >= 0.3 is 0 Å². The fourth-order valence-corrected chi connectivity index (χ4v) is 4.10. The molecule has 3 heteroatoms. The monoisotopic (exact) mass is 321 g/mol. The van der Waals surface area contributed by atoms with Crippen LogP contribution >= 0.6 is 0 Å².